The second-order valence-corrected chi connectivity index (χ2v) is 8.15. The summed E-state index contributed by atoms with van der Waals surface area (Å²) in [5.74, 6) is 0. The highest BCUT2D eigenvalue weighted by atomic mass is 127. The molecule has 1 heterocycles. The third kappa shape index (κ3) is 4.55. The van der Waals surface area contributed by atoms with Crippen molar-refractivity contribution in [2.45, 2.75) is 25.8 Å². The molecule has 0 aliphatic heterocycles. The topological polar surface area (TPSA) is 12.0 Å². The Hall–Kier alpha value is 0.0900. The van der Waals surface area contributed by atoms with E-state index in [4.69, 9.17) is 0 Å². The van der Waals surface area contributed by atoms with E-state index in [2.05, 4.69) is 86.5 Å². The van der Waals surface area contributed by atoms with Gasteiger partial charge in [-0.05, 0) is 70.6 Å². The van der Waals surface area contributed by atoms with E-state index in [0.717, 1.165) is 19.4 Å². The van der Waals surface area contributed by atoms with Crippen molar-refractivity contribution in [3.05, 3.63) is 54.2 Å². The van der Waals surface area contributed by atoms with E-state index >= 15 is 0 Å². The summed E-state index contributed by atoms with van der Waals surface area (Å²) in [6.07, 6.45) is 2.18. The molecule has 0 bridgehead atoms. The number of hydrogen-bond acceptors (Lipinski definition) is 2. The van der Waals surface area contributed by atoms with Crippen LogP contribution in [0.2, 0.25) is 0 Å². The van der Waals surface area contributed by atoms with Gasteiger partial charge in [-0.2, -0.15) is 0 Å². The lowest BCUT2D eigenvalue weighted by atomic mass is 10.0. The number of benzene rings is 1. The highest BCUT2D eigenvalue weighted by molar-refractivity contribution is 14.1. The van der Waals surface area contributed by atoms with Crippen LogP contribution in [0.4, 0.5) is 0 Å². The molecule has 2 rings (SSSR count). The number of thiophene rings is 1. The summed E-state index contributed by atoms with van der Waals surface area (Å²) >= 11 is 7.85. The van der Waals surface area contributed by atoms with Gasteiger partial charge in [-0.1, -0.05) is 41.1 Å². The van der Waals surface area contributed by atoms with Crippen molar-refractivity contribution in [1.82, 2.24) is 5.32 Å². The van der Waals surface area contributed by atoms with Crippen molar-refractivity contribution >= 4 is 49.9 Å². The van der Waals surface area contributed by atoms with Gasteiger partial charge in [-0.3, -0.25) is 0 Å². The summed E-state index contributed by atoms with van der Waals surface area (Å²) in [6.45, 7) is 3.27. The van der Waals surface area contributed by atoms with Crippen LogP contribution in [0, 0.1) is 2.88 Å². The van der Waals surface area contributed by atoms with Gasteiger partial charge in [0.1, 0.15) is 0 Å². The molecule has 0 amide bonds. The zero-order valence-corrected chi connectivity index (χ0v) is 15.4. The Morgan fingerprint density at radius 2 is 2.16 bits per heavy atom. The van der Waals surface area contributed by atoms with Crippen molar-refractivity contribution in [2.75, 3.05) is 6.54 Å². The largest absolute Gasteiger partial charge is 0.310 e. The lowest BCUT2D eigenvalue weighted by Gasteiger charge is -2.18. The van der Waals surface area contributed by atoms with E-state index < -0.39 is 0 Å². The molecule has 1 N–H and O–H groups in total. The zero-order valence-electron chi connectivity index (χ0n) is 10.8. The van der Waals surface area contributed by atoms with E-state index in [9.17, 15) is 0 Å². The fraction of sp³-hybridized carbons (Fsp3) is 0.333. The number of halogens is 2. The molecule has 19 heavy (non-hydrogen) atoms. The Morgan fingerprint density at radius 3 is 2.79 bits per heavy atom. The van der Waals surface area contributed by atoms with Gasteiger partial charge in [0.05, 0.1) is 2.88 Å². The third-order valence-electron chi connectivity index (χ3n) is 3.01. The summed E-state index contributed by atoms with van der Waals surface area (Å²) in [6, 6.07) is 11.2. The van der Waals surface area contributed by atoms with Crippen LogP contribution in [0.5, 0.6) is 0 Å². The molecule has 0 aliphatic rings. The molecule has 0 spiro atoms. The smallest absolute Gasteiger partial charge is 0.0656 e. The van der Waals surface area contributed by atoms with Crippen molar-refractivity contribution in [3.8, 4) is 0 Å². The van der Waals surface area contributed by atoms with E-state index in [1.54, 1.807) is 0 Å². The lowest BCUT2D eigenvalue weighted by Crippen LogP contribution is -2.23. The molecule has 0 aliphatic carbocycles. The first-order chi connectivity index (χ1) is 9.20. The normalized spacial score (nSPS) is 12.6. The predicted octanol–water partition coefficient (Wildman–Crippen LogP) is 5.40. The van der Waals surface area contributed by atoms with Gasteiger partial charge < -0.3 is 5.32 Å². The second kappa shape index (κ2) is 7.76. The van der Waals surface area contributed by atoms with Crippen molar-refractivity contribution < 1.29 is 0 Å². The average molecular weight is 450 g/mol. The summed E-state index contributed by atoms with van der Waals surface area (Å²) in [5.41, 5.74) is 2.76. The highest BCUT2D eigenvalue weighted by Crippen LogP contribution is 2.27. The maximum Gasteiger partial charge on any atom is 0.0656 e. The molecule has 1 aromatic carbocycles. The number of nitrogens with one attached hydrogen (secondary N) is 1. The molecule has 4 heteroatoms. The molecule has 0 radical (unpaired) electrons. The SMILES string of the molecule is CCCNC(Cc1ccccc1Br)c1csc(I)c1. The molecule has 0 saturated carbocycles. The Balaban J connectivity index is 2.16. The first-order valence-corrected chi connectivity index (χ1v) is 9.16. The molecule has 1 nitrogen and oxygen atoms in total. The maximum absolute atomic E-state index is 3.66. The van der Waals surface area contributed by atoms with Gasteiger partial charge >= 0.3 is 0 Å². The molecular formula is C15H17BrINS. The molecular weight excluding hydrogens is 433 g/mol. The monoisotopic (exact) mass is 449 g/mol. The zero-order chi connectivity index (χ0) is 13.7. The minimum absolute atomic E-state index is 0.401. The van der Waals surface area contributed by atoms with Gasteiger partial charge in [0, 0.05) is 10.5 Å². The van der Waals surface area contributed by atoms with Crippen LogP contribution in [0.3, 0.4) is 0 Å². The second-order valence-electron chi connectivity index (χ2n) is 4.49. The van der Waals surface area contributed by atoms with Crippen LogP contribution in [-0.2, 0) is 6.42 Å². The van der Waals surface area contributed by atoms with E-state index in [-0.39, 0.29) is 0 Å². The van der Waals surface area contributed by atoms with Gasteiger partial charge in [0.25, 0.3) is 0 Å². The van der Waals surface area contributed by atoms with Crippen LogP contribution in [0.15, 0.2) is 40.2 Å². The molecule has 1 aromatic heterocycles. The fourth-order valence-corrected chi connectivity index (χ4v) is 3.89. The lowest BCUT2D eigenvalue weighted by molar-refractivity contribution is 0.530. The molecule has 2 aromatic rings. The van der Waals surface area contributed by atoms with Gasteiger partial charge in [0.15, 0.2) is 0 Å². The van der Waals surface area contributed by atoms with E-state index in [1.165, 1.54) is 18.5 Å². The summed E-state index contributed by atoms with van der Waals surface area (Å²) < 4.78 is 2.55. The summed E-state index contributed by atoms with van der Waals surface area (Å²) in [7, 11) is 0. The van der Waals surface area contributed by atoms with Gasteiger partial charge in [-0.25, -0.2) is 0 Å². The van der Waals surface area contributed by atoms with Crippen LogP contribution in [0.1, 0.15) is 30.5 Å². The third-order valence-corrected chi connectivity index (χ3v) is 5.59. The van der Waals surface area contributed by atoms with Crippen LogP contribution in [0.25, 0.3) is 0 Å². The van der Waals surface area contributed by atoms with Gasteiger partial charge in [0.2, 0.25) is 0 Å². The number of rotatable bonds is 6. The molecule has 0 fully saturated rings. The van der Waals surface area contributed by atoms with Crippen molar-refractivity contribution in [3.63, 3.8) is 0 Å². The molecule has 102 valence electrons. The number of hydrogen-bond donors (Lipinski definition) is 1. The molecule has 1 unspecified atom stereocenters. The Morgan fingerprint density at radius 1 is 1.37 bits per heavy atom. The van der Waals surface area contributed by atoms with E-state index in [1.807, 2.05) is 11.3 Å². The standard InChI is InChI=1S/C15H17BrINS/c1-2-7-18-14(12-9-15(17)19-10-12)8-11-5-3-4-6-13(11)16/h3-6,9-10,14,18H,2,7-8H2,1H3. The van der Waals surface area contributed by atoms with Crippen molar-refractivity contribution in [2.24, 2.45) is 0 Å². The minimum Gasteiger partial charge on any atom is -0.310 e. The van der Waals surface area contributed by atoms with Gasteiger partial charge in [-0.15, -0.1) is 11.3 Å². The maximum atomic E-state index is 3.66. The quantitative estimate of drug-likeness (QED) is 0.582. The summed E-state index contributed by atoms with van der Waals surface area (Å²) in [4.78, 5) is 0. The molecule has 0 saturated heterocycles. The first kappa shape index (κ1) is 15.5. The Labute approximate surface area is 141 Å². The predicted molar refractivity (Wildman–Crippen MR) is 95.9 cm³/mol. The first-order valence-electron chi connectivity index (χ1n) is 6.41. The Bertz CT molecular complexity index is 526. The highest BCUT2D eigenvalue weighted by Gasteiger charge is 2.14. The molecule has 1 atom stereocenters. The van der Waals surface area contributed by atoms with Crippen LogP contribution >= 0.6 is 49.9 Å². The van der Waals surface area contributed by atoms with Crippen LogP contribution < -0.4 is 5.32 Å². The van der Waals surface area contributed by atoms with Crippen LogP contribution in [-0.4, -0.2) is 6.54 Å². The van der Waals surface area contributed by atoms with E-state index in [0.29, 0.717) is 6.04 Å². The fourth-order valence-electron chi connectivity index (χ4n) is 2.02. The minimum atomic E-state index is 0.401. The Kier molecular flexibility index (Phi) is 6.32. The average Bonchev–Trinajstić information content (AvgIpc) is 2.83. The summed E-state index contributed by atoms with van der Waals surface area (Å²) in [5, 5.41) is 5.93. The van der Waals surface area contributed by atoms with Crippen molar-refractivity contribution in [1.29, 1.82) is 0 Å².